The molecule has 3 heteroatoms. The van der Waals surface area contributed by atoms with Gasteiger partial charge < -0.3 is 9.67 Å². The van der Waals surface area contributed by atoms with E-state index in [1.807, 2.05) is 19.1 Å². The second-order valence-corrected chi connectivity index (χ2v) is 4.48. The average Bonchev–Trinajstić information content (AvgIpc) is 2.60. The van der Waals surface area contributed by atoms with Gasteiger partial charge in [-0.15, -0.1) is 6.58 Å². The van der Waals surface area contributed by atoms with Crippen LogP contribution in [-0.4, -0.2) is 15.6 Å². The highest BCUT2D eigenvalue weighted by atomic mass is 16.4. The van der Waals surface area contributed by atoms with E-state index in [1.165, 1.54) is 5.69 Å². The summed E-state index contributed by atoms with van der Waals surface area (Å²) in [6.45, 7) is 8.72. The van der Waals surface area contributed by atoms with E-state index in [-0.39, 0.29) is 0 Å². The third kappa shape index (κ3) is 1.92. The van der Waals surface area contributed by atoms with E-state index >= 15 is 0 Å². The Balaban J connectivity index is 2.63. The minimum Gasteiger partial charge on any atom is -0.478 e. The van der Waals surface area contributed by atoms with Crippen molar-refractivity contribution in [3.8, 4) is 0 Å². The molecule has 18 heavy (non-hydrogen) atoms. The van der Waals surface area contributed by atoms with Crippen LogP contribution in [0.5, 0.6) is 0 Å². The van der Waals surface area contributed by atoms with Gasteiger partial charge in [0, 0.05) is 23.1 Å². The summed E-state index contributed by atoms with van der Waals surface area (Å²) in [4.78, 5) is 11.0. The topological polar surface area (TPSA) is 42.2 Å². The van der Waals surface area contributed by atoms with Crippen molar-refractivity contribution in [1.82, 2.24) is 4.57 Å². The molecule has 0 atom stereocenters. The lowest BCUT2D eigenvalue weighted by molar-refractivity contribution is 0.0697. The third-order valence-electron chi connectivity index (χ3n) is 3.44. The van der Waals surface area contributed by atoms with Crippen molar-refractivity contribution in [3.63, 3.8) is 0 Å². The molecule has 0 bridgehead atoms. The number of carboxylic acids is 1. The fraction of sp³-hybridized carbons (Fsp3) is 0.267. The van der Waals surface area contributed by atoms with Crippen LogP contribution in [0.15, 0.2) is 30.9 Å². The largest absolute Gasteiger partial charge is 0.478 e. The lowest BCUT2D eigenvalue weighted by Crippen LogP contribution is -2.00. The standard InChI is InChI=1S/C15H17NO2/c1-4-5-8-16-11(3)10(2)13-9-12(15(17)18)6-7-14(13)16/h4,6-7,9H,1,5,8H2,2-3H3,(H,17,18). The first-order valence-electron chi connectivity index (χ1n) is 6.00. The second-order valence-electron chi connectivity index (χ2n) is 4.48. The zero-order chi connectivity index (χ0) is 13.3. The van der Waals surface area contributed by atoms with Crippen LogP contribution in [0.4, 0.5) is 0 Å². The van der Waals surface area contributed by atoms with Crippen LogP contribution < -0.4 is 0 Å². The number of hydrogen-bond acceptors (Lipinski definition) is 1. The Hall–Kier alpha value is -2.03. The highest BCUT2D eigenvalue weighted by Gasteiger charge is 2.12. The first-order chi connectivity index (χ1) is 8.56. The van der Waals surface area contributed by atoms with Crippen molar-refractivity contribution in [2.24, 2.45) is 0 Å². The fourth-order valence-corrected chi connectivity index (χ4v) is 2.29. The van der Waals surface area contributed by atoms with Gasteiger partial charge in [-0.1, -0.05) is 6.08 Å². The van der Waals surface area contributed by atoms with Gasteiger partial charge in [-0.2, -0.15) is 0 Å². The maximum absolute atomic E-state index is 11.0. The zero-order valence-corrected chi connectivity index (χ0v) is 10.7. The molecule has 0 aliphatic carbocycles. The van der Waals surface area contributed by atoms with Crippen LogP contribution in [0.1, 0.15) is 28.0 Å². The number of rotatable bonds is 4. The predicted molar refractivity (Wildman–Crippen MR) is 73.2 cm³/mol. The number of aromatic nitrogens is 1. The molecule has 94 valence electrons. The number of fused-ring (bicyclic) bond motifs is 1. The highest BCUT2D eigenvalue weighted by molar-refractivity contribution is 5.95. The lowest BCUT2D eigenvalue weighted by Gasteiger charge is -2.06. The maximum atomic E-state index is 11.0. The number of hydrogen-bond donors (Lipinski definition) is 1. The normalized spacial score (nSPS) is 10.8. The molecule has 3 nitrogen and oxygen atoms in total. The summed E-state index contributed by atoms with van der Waals surface area (Å²) in [7, 11) is 0. The molecule has 0 amide bonds. The Labute approximate surface area is 106 Å². The van der Waals surface area contributed by atoms with Gasteiger partial charge in [-0.25, -0.2) is 4.79 Å². The highest BCUT2D eigenvalue weighted by Crippen LogP contribution is 2.26. The fourth-order valence-electron chi connectivity index (χ4n) is 2.29. The van der Waals surface area contributed by atoms with Crippen LogP contribution in [0.25, 0.3) is 10.9 Å². The first kappa shape index (κ1) is 12.4. The number of nitrogens with zero attached hydrogens (tertiary/aromatic N) is 1. The molecular weight excluding hydrogens is 226 g/mol. The molecule has 2 aromatic rings. The minimum absolute atomic E-state index is 0.339. The minimum atomic E-state index is -0.882. The number of carbonyl (C=O) groups is 1. The summed E-state index contributed by atoms with van der Waals surface area (Å²) in [6.07, 6.45) is 2.80. The van der Waals surface area contributed by atoms with Gasteiger partial charge in [0.25, 0.3) is 0 Å². The van der Waals surface area contributed by atoms with Gasteiger partial charge >= 0.3 is 5.97 Å². The number of carboxylic acid groups (broad SMARTS) is 1. The number of allylic oxidation sites excluding steroid dienone is 1. The zero-order valence-electron chi connectivity index (χ0n) is 10.7. The Morgan fingerprint density at radius 1 is 1.44 bits per heavy atom. The van der Waals surface area contributed by atoms with E-state index in [1.54, 1.807) is 12.1 Å². The van der Waals surface area contributed by atoms with Crippen LogP contribution in [0.2, 0.25) is 0 Å². The molecule has 0 spiro atoms. The van der Waals surface area contributed by atoms with Crippen molar-refractivity contribution in [2.75, 3.05) is 0 Å². The summed E-state index contributed by atoms with van der Waals surface area (Å²) in [5.74, 6) is -0.882. The number of benzene rings is 1. The predicted octanol–water partition coefficient (Wildman–Crippen LogP) is 3.53. The van der Waals surface area contributed by atoms with Crippen LogP contribution in [-0.2, 0) is 6.54 Å². The summed E-state index contributed by atoms with van der Waals surface area (Å²) >= 11 is 0. The molecule has 1 N–H and O–H groups in total. The van der Waals surface area contributed by atoms with E-state index in [2.05, 4.69) is 18.1 Å². The Morgan fingerprint density at radius 2 is 2.17 bits per heavy atom. The summed E-state index contributed by atoms with van der Waals surface area (Å²) in [5.41, 5.74) is 3.77. The average molecular weight is 243 g/mol. The summed E-state index contributed by atoms with van der Waals surface area (Å²) in [5, 5.41) is 10.1. The monoisotopic (exact) mass is 243 g/mol. The Kier molecular flexibility index (Phi) is 3.24. The van der Waals surface area contributed by atoms with Crippen molar-refractivity contribution >= 4 is 16.9 Å². The Morgan fingerprint density at radius 3 is 2.78 bits per heavy atom. The number of aryl methyl sites for hydroxylation is 2. The third-order valence-corrected chi connectivity index (χ3v) is 3.44. The van der Waals surface area contributed by atoms with E-state index in [4.69, 9.17) is 5.11 Å². The molecule has 0 saturated carbocycles. The van der Waals surface area contributed by atoms with Gasteiger partial charge in [-0.3, -0.25) is 0 Å². The van der Waals surface area contributed by atoms with E-state index < -0.39 is 5.97 Å². The molecule has 1 heterocycles. The molecule has 0 saturated heterocycles. The second kappa shape index (κ2) is 4.69. The molecule has 2 rings (SSSR count). The Bertz CT molecular complexity index is 623. The van der Waals surface area contributed by atoms with Crippen LogP contribution in [0.3, 0.4) is 0 Å². The van der Waals surface area contributed by atoms with Crippen molar-refractivity contribution in [1.29, 1.82) is 0 Å². The smallest absolute Gasteiger partial charge is 0.335 e. The molecule has 0 aliphatic rings. The van der Waals surface area contributed by atoms with Crippen LogP contribution >= 0.6 is 0 Å². The van der Waals surface area contributed by atoms with Gasteiger partial charge in [-0.05, 0) is 44.0 Å². The quantitative estimate of drug-likeness (QED) is 0.835. The van der Waals surface area contributed by atoms with Gasteiger partial charge in [0.1, 0.15) is 0 Å². The van der Waals surface area contributed by atoms with E-state index in [9.17, 15) is 4.79 Å². The van der Waals surface area contributed by atoms with Crippen molar-refractivity contribution in [3.05, 3.63) is 47.7 Å². The molecular formula is C15H17NO2. The summed E-state index contributed by atoms with van der Waals surface area (Å²) in [6, 6.07) is 5.31. The molecule has 1 aromatic carbocycles. The first-order valence-corrected chi connectivity index (χ1v) is 6.00. The van der Waals surface area contributed by atoms with E-state index in [0.717, 1.165) is 29.4 Å². The van der Waals surface area contributed by atoms with Gasteiger partial charge in [0.05, 0.1) is 5.56 Å². The molecule has 0 aliphatic heterocycles. The van der Waals surface area contributed by atoms with E-state index in [0.29, 0.717) is 5.56 Å². The lowest BCUT2D eigenvalue weighted by atomic mass is 10.1. The molecule has 1 aromatic heterocycles. The van der Waals surface area contributed by atoms with Gasteiger partial charge in [0.15, 0.2) is 0 Å². The molecule has 0 fully saturated rings. The molecule has 0 unspecified atom stereocenters. The van der Waals surface area contributed by atoms with Crippen LogP contribution in [0, 0.1) is 13.8 Å². The van der Waals surface area contributed by atoms with Crippen molar-refractivity contribution < 1.29 is 9.90 Å². The number of aromatic carboxylic acids is 1. The van der Waals surface area contributed by atoms with Crippen molar-refractivity contribution in [2.45, 2.75) is 26.8 Å². The van der Waals surface area contributed by atoms with Gasteiger partial charge in [0.2, 0.25) is 0 Å². The summed E-state index contributed by atoms with van der Waals surface area (Å²) < 4.78 is 2.22. The molecule has 0 radical (unpaired) electrons. The SMILES string of the molecule is C=CCCn1c(C)c(C)c2cc(C(=O)O)ccc21. The maximum Gasteiger partial charge on any atom is 0.335 e.